The van der Waals surface area contributed by atoms with Crippen LogP contribution in [0.15, 0.2) is 34.1 Å². The van der Waals surface area contributed by atoms with Gasteiger partial charge < -0.3 is 19.3 Å². The van der Waals surface area contributed by atoms with Gasteiger partial charge in [-0.05, 0) is 56.0 Å². The maximum atomic E-state index is 13.6. The summed E-state index contributed by atoms with van der Waals surface area (Å²) in [4.78, 5) is 23.7. The smallest absolute Gasteiger partial charge is 0.278 e. The highest BCUT2D eigenvalue weighted by Gasteiger charge is 2.27. The van der Waals surface area contributed by atoms with Crippen LogP contribution in [0.4, 0.5) is 0 Å². The van der Waals surface area contributed by atoms with E-state index >= 15 is 0 Å². The molecule has 1 aliphatic rings. The van der Waals surface area contributed by atoms with E-state index in [0.29, 0.717) is 46.7 Å². The zero-order valence-electron chi connectivity index (χ0n) is 19.8. The number of sulfonamides is 1. The second-order valence-electron chi connectivity index (χ2n) is 9.00. The quantitative estimate of drug-likeness (QED) is 0.438. The van der Waals surface area contributed by atoms with Crippen LogP contribution in [0.2, 0.25) is 0 Å². The van der Waals surface area contributed by atoms with Crippen LogP contribution >= 0.6 is 0 Å². The summed E-state index contributed by atoms with van der Waals surface area (Å²) in [5.41, 5.74) is 2.88. The molecule has 3 aromatic heterocycles. The number of nitrogens with one attached hydrogen (secondary N) is 2. The number of pyridine rings is 1. The Morgan fingerprint density at radius 3 is 2.71 bits per heavy atom. The Hall–Kier alpha value is -3.46. The molecule has 0 atom stereocenters. The Morgan fingerprint density at radius 1 is 1.26 bits per heavy atom. The first-order valence-electron chi connectivity index (χ1n) is 11.4. The van der Waals surface area contributed by atoms with E-state index in [2.05, 4.69) is 21.0 Å². The molecular weight excluding hydrogens is 468 g/mol. The molecule has 0 radical (unpaired) electrons. The summed E-state index contributed by atoms with van der Waals surface area (Å²) in [6, 6.07) is 7.40. The lowest BCUT2D eigenvalue weighted by Gasteiger charge is -2.23. The fraction of sp³-hybridized carbons (Fsp3) is 0.375. The average Bonchev–Trinajstić information content (AvgIpc) is 3.40. The molecule has 0 aliphatic carbocycles. The molecule has 0 amide bonds. The number of H-pyrrole nitrogens is 2. The average molecular weight is 495 g/mol. The van der Waals surface area contributed by atoms with E-state index in [-0.39, 0.29) is 28.6 Å². The van der Waals surface area contributed by atoms with Crippen LogP contribution in [0.25, 0.3) is 21.9 Å². The molecule has 10 nitrogen and oxygen atoms in total. The normalized spacial score (nSPS) is 15.3. The van der Waals surface area contributed by atoms with Gasteiger partial charge in [-0.25, -0.2) is 13.4 Å². The maximum Gasteiger partial charge on any atom is 0.278 e. The monoisotopic (exact) mass is 494 g/mol. The molecule has 1 aromatic carbocycles. The molecule has 35 heavy (non-hydrogen) atoms. The van der Waals surface area contributed by atoms with Gasteiger partial charge in [0.15, 0.2) is 5.52 Å². The molecule has 5 rings (SSSR count). The van der Waals surface area contributed by atoms with Crippen molar-refractivity contribution in [2.45, 2.75) is 44.2 Å². The van der Waals surface area contributed by atoms with Crippen molar-refractivity contribution in [1.82, 2.24) is 23.8 Å². The minimum absolute atomic E-state index is 0.0477. The number of ether oxygens (including phenoxy) is 1. The van der Waals surface area contributed by atoms with Gasteiger partial charge in [0.05, 0.1) is 17.6 Å². The lowest BCUT2D eigenvalue weighted by atomic mass is 10.1. The van der Waals surface area contributed by atoms with Gasteiger partial charge in [-0.15, -0.1) is 0 Å². The van der Waals surface area contributed by atoms with Gasteiger partial charge in [0.1, 0.15) is 22.5 Å². The van der Waals surface area contributed by atoms with Crippen molar-refractivity contribution in [1.29, 1.82) is 5.26 Å². The van der Waals surface area contributed by atoms with Gasteiger partial charge in [-0.1, -0.05) is 0 Å². The molecule has 1 saturated heterocycles. The lowest BCUT2D eigenvalue weighted by molar-refractivity contribution is 0.0688. The number of benzene rings is 1. The van der Waals surface area contributed by atoms with Crippen molar-refractivity contribution in [3.8, 4) is 6.07 Å². The number of fused-ring (bicyclic) bond motifs is 2. The summed E-state index contributed by atoms with van der Waals surface area (Å²) >= 11 is 0. The maximum absolute atomic E-state index is 13.6. The summed E-state index contributed by atoms with van der Waals surface area (Å²) in [6.07, 6.45) is 3.29. The van der Waals surface area contributed by atoms with Crippen molar-refractivity contribution in [3.05, 3.63) is 57.4 Å². The summed E-state index contributed by atoms with van der Waals surface area (Å²) < 4.78 is 35.4. The Bertz CT molecular complexity index is 1650. The van der Waals surface area contributed by atoms with Gasteiger partial charge in [0.25, 0.3) is 5.56 Å². The van der Waals surface area contributed by atoms with E-state index in [1.165, 1.54) is 11.4 Å². The number of aryl methyl sites for hydroxylation is 2. The Kier molecular flexibility index (Phi) is 5.75. The molecule has 11 heteroatoms. The number of aromatic nitrogens is 4. The van der Waals surface area contributed by atoms with Crippen molar-refractivity contribution >= 4 is 32.0 Å². The van der Waals surface area contributed by atoms with E-state index in [9.17, 15) is 18.5 Å². The van der Waals surface area contributed by atoms with Gasteiger partial charge >= 0.3 is 0 Å². The number of hydrogen-bond acceptors (Lipinski definition) is 6. The number of nitriles is 1. The highest BCUT2D eigenvalue weighted by Crippen LogP contribution is 2.31. The summed E-state index contributed by atoms with van der Waals surface area (Å²) in [7, 11) is -2.47. The topological polar surface area (TPSA) is 137 Å². The van der Waals surface area contributed by atoms with Gasteiger partial charge in [-0.3, -0.25) is 4.79 Å². The van der Waals surface area contributed by atoms with E-state index in [4.69, 9.17) is 4.74 Å². The van der Waals surface area contributed by atoms with Crippen LogP contribution in [-0.4, -0.2) is 52.5 Å². The fourth-order valence-corrected chi connectivity index (χ4v) is 6.08. The number of hydrogen-bond donors (Lipinski definition) is 2. The first-order chi connectivity index (χ1) is 16.7. The third-order valence-corrected chi connectivity index (χ3v) is 8.48. The second kappa shape index (κ2) is 8.64. The van der Waals surface area contributed by atoms with Crippen LogP contribution in [0, 0.1) is 25.2 Å². The van der Waals surface area contributed by atoms with Crippen LogP contribution in [0.1, 0.15) is 41.5 Å². The van der Waals surface area contributed by atoms with E-state index in [0.717, 1.165) is 18.4 Å². The third kappa shape index (κ3) is 3.93. The largest absolute Gasteiger partial charge is 0.381 e. The highest BCUT2D eigenvalue weighted by atomic mass is 32.2. The Balaban J connectivity index is 1.49. The van der Waals surface area contributed by atoms with Gasteiger partial charge in [0.2, 0.25) is 10.0 Å². The predicted octanol–water partition coefficient (Wildman–Crippen LogP) is 2.87. The zero-order chi connectivity index (χ0) is 24.9. The number of aromatic amines is 2. The van der Waals surface area contributed by atoms with E-state index in [1.54, 1.807) is 29.8 Å². The zero-order valence-corrected chi connectivity index (χ0v) is 20.6. The van der Waals surface area contributed by atoms with Crippen molar-refractivity contribution in [2.24, 2.45) is 0 Å². The first-order valence-corrected chi connectivity index (χ1v) is 12.8. The van der Waals surface area contributed by atoms with E-state index < -0.39 is 10.0 Å². The second-order valence-corrected chi connectivity index (χ2v) is 11.0. The van der Waals surface area contributed by atoms with Gasteiger partial charge in [0, 0.05) is 37.9 Å². The molecule has 0 bridgehead atoms. The minimum Gasteiger partial charge on any atom is -0.381 e. The van der Waals surface area contributed by atoms with E-state index in [1.807, 2.05) is 13.0 Å². The van der Waals surface area contributed by atoms with Crippen molar-refractivity contribution < 1.29 is 13.2 Å². The summed E-state index contributed by atoms with van der Waals surface area (Å²) in [6.45, 7) is 4.80. The van der Waals surface area contributed by atoms with Crippen LogP contribution < -0.4 is 5.56 Å². The number of nitrogens with zero attached hydrogens (tertiary/aromatic N) is 4. The summed E-state index contributed by atoms with van der Waals surface area (Å²) in [5.74, 6) is 0.372. The summed E-state index contributed by atoms with van der Waals surface area (Å²) in [5, 5.41) is 10.1. The van der Waals surface area contributed by atoms with Crippen LogP contribution in [0.5, 0.6) is 0 Å². The Morgan fingerprint density at radius 2 is 2.00 bits per heavy atom. The molecule has 0 spiro atoms. The van der Waals surface area contributed by atoms with Crippen LogP contribution in [0.3, 0.4) is 0 Å². The molecule has 0 unspecified atom stereocenters. The number of rotatable bonds is 5. The van der Waals surface area contributed by atoms with Crippen molar-refractivity contribution in [2.75, 3.05) is 20.3 Å². The third-order valence-electron chi connectivity index (χ3n) is 6.65. The van der Waals surface area contributed by atoms with Crippen LogP contribution in [-0.2, 0) is 21.3 Å². The number of imidazole rings is 1. The fourth-order valence-electron chi connectivity index (χ4n) is 4.70. The molecule has 4 heterocycles. The molecule has 4 aromatic rings. The highest BCUT2D eigenvalue weighted by molar-refractivity contribution is 7.89. The first kappa shape index (κ1) is 23.3. The standard InChI is InChI=1S/C24H26N6O4S/c1-14-10-17-15(2)19(12-25)27-22(17)20(11-14)35(32,33)29(3)13-21-26-18-4-7-30(24(31)23(18)28-21)16-5-8-34-9-6-16/h4,7,10-11,16,27H,5-6,8-9,13H2,1-3H3,(H,26,28). The predicted molar refractivity (Wildman–Crippen MR) is 131 cm³/mol. The SMILES string of the molecule is Cc1cc(S(=O)(=O)N(C)Cc2nc3c(=O)n(C4CCOCC4)ccc3[nH]2)c2[nH]c(C#N)c(C)c2c1. The Labute approximate surface area is 202 Å². The molecule has 2 N–H and O–H groups in total. The molecule has 182 valence electrons. The molecule has 1 aliphatic heterocycles. The molecular formula is C24H26N6O4S. The molecule has 0 saturated carbocycles. The lowest BCUT2D eigenvalue weighted by Crippen LogP contribution is -2.29. The molecule has 1 fully saturated rings. The minimum atomic E-state index is -3.94. The van der Waals surface area contributed by atoms with Gasteiger partial charge in [-0.2, -0.15) is 9.57 Å². The van der Waals surface area contributed by atoms with Crippen molar-refractivity contribution in [3.63, 3.8) is 0 Å².